The smallest absolute Gasteiger partial charge is 0.143 e. The SMILES string of the molecule is COc1ccc(C(=NOCc2ccc(Cl)cc2Cl)C2CC2c2ccc(Cl)cc2)cc1. The Morgan fingerprint density at radius 1 is 0.933 bits per heavy atom. The Balaban J connectivity index is 1.55. The van der Waals surface area contributed by atoms with E-state index in [9.17, 15) is 0 Å². The molecule has 0 spiro atoms. The van der Waals surface area contributed by atoms with Gasteiger partial charge in [0.1, 0.15) is 12.4 Å². The summed E-state index contributed by atoms with van der Waals surface area (Å²) >= 11 is 18.3. The van der Waals surface area contributed by atoms with Crippen molar-refractivity contribution in [2.24, 2.45) is 11.1 Å². The van der Waals surface area contributed by atoms with Gasteiger partial charge >= 0.3 is 0 Å². The standard InChI is InChI=1S/C24H20Cl3NO2/c1-29-20-10-5-16(6-11-20)24(22-13-21(22)15-2-7-18(25)8-3-15)28-30-14-17-4-9-19(26)12-23(17)27/h2-12,21-22H,13-14H2,1H3. The molecule has 6 heteroatoms. The van der Waals surface area contributed by atoms with Crippen molar-refractivity contribution in [3.05, 3.63) is 98.5 Å². The minimum atomic E-state index is 0.272. The normalized spacial score (nSPS) is 18.2. The van der Waals surface area contributed by atoms with Gasteiger partial charge in [0.2, 0.25) is 0 Å². The van der Waals surface area contributed by atoms with Crippen molar-refractivity contribution in [2.75, 3.05) is 7.11 Å². The van der Waals surface area contributed by atoms with Gasteiger partial charge in [0.05, 0.1) is 12.8 Å². The van der Waals surface area contributed by atoms with Crippen molar-refractivity contribution in [2.45, 2.75) is 18.9 Å². The van der Waals surface area contributed by atoms with Gasteiger partial charge in [-0.15, -0.1) is 0 Å². The molecule has 1 saturated carbocycles. The van der Waals surface area contributed by atoms with Crippen molar-refractivity contribution in [3.63, 3.8) is 0 Å². The summed E-state index contributed by atoms with van der Waals surface area (Å²) in [5, 5.41) is 6.42. The Labute approximate surface area is 191 Å². The zero-order valence-corrected chi connectivity index (χ0v) is 18.6. The molecule has 0 heterocycles. The lowest BCUT2D eigenvalue weighted by atomic mass is 10.0. The first-order valence-electron chi connectivity index (χ1n) is 9.59. The van der Waals surface area contributed by atoms with Crippen LogP contribution in [-0.4, -0.2) is 12.8 Å². The molecule has 154 valence electrons. The van der Waals surface area contributed by atoms with E-state index in [4.69, 9.17) is 44.4 Å². The predicted molar refractivity (Wildman–Crippen MR) is 123 cm³/mol. The van der Waals surface area contributed by atoms with Crippen LogP contribution in [0.5, 0.6) is 5.75 Å². The quantitative estimate of drug-likeness (QED) is 0.272. The third kappa shape index (κ3) is 4.92. The van der Waals surface area contributed by atoms with Crippen molar-refractivity contribution in [1.29, 1.82) is 0 Å². The summed E-state index contributed by atoms with van der Waals surface area (Å²) < 4.78 is 5.28. The van der Waals surface area contributed by atoms with Crippen molar-refractivity contribution >= 4 is 40.5 Å². The molecular formula is C24H20Cl3NO2. The topological polar surface area (TPSA) is 30.8 Å². The highest BCUT2D eigenvalue weighted by Crippen LogP contribution is 2.49. The van der Waals surface area contributed by atoms with Crippen LogP contribution in [0.2, 0.25) is 15.1 Å². The van der Waals surface area contributed by atoms with Gasteiger partial charge in [-0.2, -0.15) is 0 Å². The van der Waals surface area contributed by atoms with Crippen molar-refractivity contribution in [1.82, 2.24) is 0 Å². The highest BCUT2D eigenvalue weighted by Gasteiger charge is 2.43. The van der Waals surface area contributed by atoms with Crippen molar-refractivity contribution < 1.29 is 9.57 Å². The Kier molecular flexibility index (Phi) is 6.52. The molecule has 4 rings (SSSR count). The molecule has 0 radical (unpaired) electrons. The summed E-state index contributed by atoms with van der Waals surface area (Å²) in [5.74, 6) is 1.48. The first-order valence-corrected chi connectivity index (χ1v) is 10.7. The molecule has 2 atom stereocenters. The lowest BCUT2D eigenvalue weighted by Gasteiger charge is -2.09. The van der Waals surface area contributed by atoms with E-state index in [1.54, 1.807) is 19.2 Å². The first kappa shape index (κ1) is 21.0. The summed E-state index contributed by atoms with van der Waals surface area (Å²) in [6.45, 7) is 0.272. The van der Waals surface area contributed by atoms with Crippen LogP contribution in [-0.2, 0) is 11.4 Å². The maximum Gasteiger partial charge on any atom is 0.143 e. The summed E-state index contributed by atoms with van der Waals surface area (Å²) in [5.41, 5.74) is 4.03. The lowest BCUT2D eigenvalue weighted by Crippen LogP contribution is -2.07. The van der Waals surface area contributed by atoms with Crippen LogP contribution in [0.15, 0.2) is 71.9 Å². The Morgan fingerprint density at radius 3 is 2.30 bits per heavy atom. The number of hydrogen-bond donors (Lipinski definition) is 0. The molecule has 1 aliphatic rings. The van der Waals surface area contributed by atoms with E-state index in [0.717, 1.165) is 34.0 Å². The molecule has 0 aliphatic heterocycles. The number of rotatable bonds is 7. The van der Waals surface area contributed by atoms with Gasteiger partial charge in [-0.1, -0.05) is 58.2 Å². The molecule has 0 bridgehead atoms. The zero-order chi connectivity index (χ0) is 21.1. The number of nitrogens with zero attached hydrogens (tertiary/aromatic N) is 1. The van der Waals surface area contributed by atoms with E-state index in [0.29, 0.717) is 16.0 Å². The van der Waals surface area contributed by atoms with E-state index < -0.39 is 0 Å². The summed E-state index contributed by atoms with van der Waals surface area (Å²) in [6.07, 6.45) is 1.01. The van der Waals surface area contributed by atoms with Gasteiger partial charge < -0.3 is 9.57 Å². The second-order valence-corrected chi connectivity index (χ2v) is 8.49. The molecule has 1 aliphatic carbocycles. The maximum atomic E-state index is 6.25. The fourth-order valence-corrected chi connectivity index (χ4v) is 4.07. The fraction of sp³-hybridized carbons (Fsp3) is 0.208. The monoisotopic (exact) mass is 459 g/mol. The highest BCUT2D eigenvalue weighted by atomic mass is 35.5. The molecule has 1 fully saturated rings. The highest BCUT2D eigenvalue weighted by molar-refractivity contribution is 6.35. The fourth-order valence-electron chi connectivity index (χ4n) is 3.48. The van der Waals surface area contributed by atoms with Crippen LogP contribution in [0, 0.1) is 5.92 Å². The number of hydrogen-bond acceptors (Lipinski definition) is 3. The molecule has 3 nitrogen and oxygen atoms in total. The second kappa shape index (κ2) is 9.30. The molecule has 3 aromatic carbocycles. The van der Waals surface area contributed by atoms with Crippen LogP contribution in [0.4, 0.5) is 0 Å². The van der Waals surface area contributed by atoms with Gasteiger partial charge in [-0.3, -0.25) is 0 Å². The Hall–Kier alpha value is -2.20. The minimum Gasteiger partial charge on any atom is -0.497 e. The van der Waals surface area contributed by atoms with Crippen LogP contribution >= 0.6 is 34.8 Å². The van der Waals surface area contributed by atoms with Gasteiger partial charge in [-0.25, -0.2) is 0 Å². The summed E-state index contributed by atoms with van der Waals surface area (Å²) in [6, 6.07) is 21.2. The first-order chi connectivity index (χ1) is 14.5. The number of benzene rings is 3. The van der Waals surface area contributed by atoms with Gasteiger partial charge in [-0.05, 0) is 72.0 Å². The number of oxime groups is 1. The maximum absolute atomic E-state index is 6.25. The third-order valence-corrected chi connectivity index (χ3v) is 6.06. The average Bonchev–Trinajstić information content (AvgIpc) is 3.54. The van der Waals surface area contributed by atoms with E-state index in [1.807, 2.05) is 42.5 Å². The van der Waals surface area contributed by atoms with Crippen LogP contribution in [0.1, 0.15) is 29.0 Å². The predicted octanol–water partition coefficient (Wildman–Crippen LogP) is 7.38. The number of methoxy groups -OCH3 is 1. The number of ether oxygens (including phenoxy) is 1. The molecular weight excluding hydrogens is 441 g/mol. The molecule has 0 N–H and O–H groups in total. The van der Waals surface area contributed by atoms with E-state index in [2.05, 4.69) is 17.3 Å². The molecule has 0 aromatic heterocycles. The largest absolute Gasteiger partial charge is 0.497 e. The van der Waals surface area contributed by atoms with Crippen molar-refractivity contribution in [3.8, 4) is 5.75 Å². The molecule has 3 aromatic rings. The van der Waals surface area contributed by atoms with E-state index in [-0.39, 0.29) is 12.5 Å². The van der Waals surface area contributed by atoms with Crippen LogP contribution < -0.4 is 4.74 Å². The number of halogens is 3. The lowest BCUT2D eigenvalue weighted by molar-refractivity contribution is 0.130. The third-order valence-electron chi connectivity index (χ3n) is 5.22. The minimum absolute atomic E-state index is 0.272. The molecule has 30 heavy (non-hydrogen) atoms. The summed E-state index contributed by atoms with van der Waals surface area (Å²) in [7, 11) is 1.65. The second-order valence-electron chi connectivity index (χ2n) is 7.21. The van der Waals surface area contributed by atoms with Crippen LogP contribution in [0.25, 0.3) is 0 Å². The molecule has 0 saturated heterocycles. The zero-order valence-electron chi connectivity index (χ0n) is 16.3. The van der Waals surface area contributed by atoms with E-state index >= 15 is 0 Å². The summed E-state index contributed by atoms with van der Waals surface area (Å²) in [4.78, 5) is 5.73. The molecule has 2 unspecified atom stereocenters. The Morgan fingerprint density at radius 2 is 1.63 bits per heavy atom. The van der Waals surface area contributed by atoms with Gasteiger partial charge in [0.15, 0.2) is 0 Å². The molecule has 0 amide bonds. The van der Waals surface area contributed by atoms with E-state index in [1.165, 1.54) is 5.56 Å². The van der Waals surface area contributed by atoms with Crippen LogP contribution in [0.3, 0.4) is 0 Å². The van der Waals surface area contributed by atoms with Gasteiger partial charge in [0.25, 0.3) is 0 Å². The van der Waals surface area contributed by atoms with Gasteiger partial charge in [0, 0.05) is 26.5 Å². The Bertz CT molecular complexity index is 1050. The average molecular weight is 461 g/mol.